The Kier molecular flexibility index (Phi) is 7.08. The summed E-state index contributed by atoms with van der Waals surface area (Å²) in [6, 6.07) is 8.07. The number of carbonyl (C=O) groups excluding carboxylic acids is 2. The number of amides is 1. The monoisotopic (exact) mass is 435 g/mol. The molecule has 0 atom stereocenters. The molecular formula is C21H25NO5S2. The van der Waals surface area contributed by atoms with Crippen LogP contribution in [0.15, 0.2) is 35.2 Å². The summed E-state index contributed by atoms with van der Waals surface area (Å²) in [5.41, 5.74) is 1.41. The van der Waals surface area contributed by atoms with Crippen molar-refractivity contribution in [3.8, 4) is 0 Å². The van der Waals surface area contributed by atoms with Crippen LogP contribution in [0.25, 0.3) is 0 Å². The quantitative estimate of drug-likeness (QED) is 0.525. The number of carbonyl (C=O) groups is 2. The SMILES string of the molecule is CCOC(=O)c1c(NC(=O)CCS(=O)(=O)c2ccccc2)sc2c1CCCCC2. The molecule has 0 aliphatic heterocycles. The van der Waals surface area contributed by atoms with Crippen molar-refractivity contribution in [3.63, 3.8) is 0 Å². The van der Waals surface area contributed by atoms with Gasteiger partial charge in [-0.2, -0.15) is 0 Å². The van der Waals surface area contributed by atoms with E-state index < -0.39 is 21.7 Å². The highest BCUT2D eigenvalue weighted by atomic mass is 32.2. The molecule has 1 aromatic heterocycles. The summed E-state index contributed by atoms with van der Waals surface area (Å²) >= 11 is 1.41. The minimum absolute atomic E-state index is 0.179. The van der Waals surface area contributed by atoms with Gasteiger partial charge in [-0.1, -0.05) is 24.6 Å². The Bertz CT molecular complexity index is 980. The van der Waals surface area contributed by atoms with E-state index in [2.05, 4.69) is 5.32 Å². The molecule has 1 aliphatic rings. The zero-order valence-corrected chi connectivity index (χ0v) is 18.0. The molecule has 1 N–H and O–H groups in total. The highest BCUT2D eigenvalue weighted by Gasteiger charge is 2.27. The van der Waals surface area contributed by atoms with Gasteiger partial charge in [-0.3, -0.25) is 4.79 Å². The van der Waals surface area contributed by atoms with Gasteiger partial charge in [0.05, 0.1) is 22.8 Å². The van der Waals surface area contributed by atoms with Crippen molar-refractivity contribution in [2.24, 2.45) is 0 Å². The molecule has 0 radical (unpaired) electrons. The number of nitrogens with one attached hydrogen (secondary N) is 1. The van der Waals surface area contributed by atoms with Crippen LogP contribution >= 0.6 is 11.3 Å². The first-order valence-corrected chi connectivity index (χ1v) is 12.3. The van der Waals surface area contributed by atoms with Crippen molar-refractivity contribution in [1.29, 1.82) is 0 Å². The summed E-state index contributed by atoms with van der Waals surface area (Å²) in [6.07, 6.45) is 4.66. The number of anilines is 1. The lowest BCUT2D eigenvalue weighted by Gasteiger charge is -2.09. The standard InChI is InChI=1S/C21H25NO5S2/c1-2-27-21(24)19-16-11-7-4-8-12-17(16)28-20(19)22-18(23)13-14-29(25,26)15-9-5-3-6-10-15/h3,5-6,9-10H,2,4,7-8,11-14H2,1H3,(H,22,23). The van der Waals surface area contributed by atoms with Gasteiger partial charge in [0.2, 0.25) is 5.91 Å². The molecular weight excluding hydrogens is 410 g/mol. The van der Waals surface area contributed by atoms with Crippen molar-refractivity contribution in [3.05, 3.63) is 46.3 Å². The second-order valence-electron chi connectivity index (χ2n) is 6.92. The first-order valence-electron chi connectivity index (χ1n) is 9.81. The number of rotatable bonds is 7. The predicted octanol–water partition coefficient (Wildman–Crippen LogP) is 4.00. The van der Waals surface area contributed by atoms with Crippen LogP contribution in [0.1, 0.15) is 53.4 Å². The molecule has 0 bridgehead atoms. The molecule has 0 saturated carbocycles. The van der Waals surface area contributed by atoms with Crippen LogP contribution in [0.4, 0.5) is 5.00 Å². The second-order valence-corrected chi connectivity index (χ2v) is 10.1. The number of esters is 1. The van der Waals surface area contributed by atoms with Crippen molar-refractivity contribution >= 4 is 38.1 Å². The lowest BCUT2D eigenvalue weighted by molar-refractivity contribution is -0.115. The third-order valence-electron chi connectivity index (χ3n) is 4.85. The predicted molar refractivity (Wildman–Crippen MR) is 113 cm³/mol. The molecule has 29 heavy (non-hydrogen) atoms. The lowest BCUT2D eigenvalue weighted by atomic mass is 10.1. The fourth-order valence-electron chi connectivity index (χ4n) is 3.41. The van der Waals surface area contributed by atoms with E-state index in [0.717, 1.165) is 42.5 Å². The van der Waals surface area contributed by atoms with Crippen LogP contribution in [0, 0.1) is 0 Å². The van der Waals surface area contributed by atoms with Crippen molar-refractivity contribution in [2.75, 3.05) is 17.7 Å². The van der Waals surface area contributed by atoms with Crippen molar-refractivity contribution in [2.45, 2.75) is 50.3 Å². The zero-order chi connectivity index (χ0) is 20.9. The first-order chi connectivity index (χ1) is 13.9. The Hall–Kier alpha value is -2.19. The van der Waals surface area contributed by atoms with E-state index in [1.807, 2.05) is 0 Å². The first kappa shape index (κ1) is 21.5. The number of thiophene rings is 1. The van der Waals surface area contributed by atoms with Gasteiger partial charge in [-0.15, -0.1) is 11.3 Å². The number of aryl methyl sites for hydroxylation is 1. The van der Waals surface area contributed by atoms with E-state index in [-0.39, 0.29) is 23.7 Å². The topological polar surface area (TPSA) is 89.5 Å². The Morgan fingerprint density at radius 2 is 1.83 bits per heavy atom. The molecule has 1 aliphatic carbocycles. The van der Waals surface area contributed by atoms with E-state index in [1.54, 1.807) is 25.1 Å². The van der Waals surface area contributed by atoms with Gasteiger partial charge >= 0.3 is 5.97 Å². The Balaban J connectivity index is 1.75. The molecule has 0 unspecified atom stereocenters. The maximum absolute atomic E-state index is 12.5. The smallest absolute Gasteiger partial charge is 0.341 e. The van der Waals surface area contributed by atoms with Gasteiger partial charge in [0.15, 0.2) is 9.84 Å². The van der Waals surface area contributed by atoms with Crippen LogP contribution in [-0.4, -0.2) is 32.7 Å². The molecule has 8 heteroatoms. The number of sulfone groups is 1. The molecule has 0 fully saturated rings. The zero-order valence-electron chi connectivity index (χ0n) is 16.4. The molecule has 0 spiro atoms. The van der Waals surface area contributed by atoms with Crippen LogP contribution in [0.5, 0.6) is 0 Å². The van der Waals surface area contributed by atoms with Crippen molar-refractivity contribution < 1.29 is 22.7 Å². The average Bonchev–Trinajstić information content (AvgIpc) is 2.88. The Labute approximate surface area is 175 Å². The summed E-state index contributed by atoms with van der Waals surface area (Å²) < 4.78 is 30.0. The largest absolute Gasteiger partial charge is 0.462 e. The number of fused-ring (bicyclic) bond motifs is 1. The Morgan fingerprint density at radius 3 is 2.55 bits per heavy atom. The van der Waals surface area contributed by atoms with Gasteiger partial charge in [0, 0.05) is 11.3 Å². The third kappa shape index (κ3) is 5.25. The van der Waals surface area contributed by atoms with Gasteiger partial charge in [-0.05, 0) is 50.3 Å². The second kappa shape index (κ2) is 9.54. The Morgan fingerprint density at radius 1 is 1.10 bits per heavy atom. The van der Waals surface area contributed by atoms with E-state index in [0.29, 0.717) is 10.6 Å². The van der Waals surface area contributed by atoms with Gasteiger partial charge in [0.25, 0.3) is 0 Å². The molecule has 3 rings (SSSR count). The van der Waals surface area contributed by atoms with E-state index in [1.165, 1.54) is 23.5 Å². The lowest BCUT2D eigenvalue weighted by Crippen LogP contribution is -2.18. The molecule has 1 amide bonds. The highest BCUT2D eigenvalue weighted by Crippen LogP contribution is 2.38. The van der Waals surface area contributed by atoms with Gasteiger partial charge in [0.1, 0.15) is 5.00 Å². The van der Waals surface area contributed by atoms with Crippen LogP contribution < -0.4 is 5.32 Å². The number of hydrogen-bond acceptors (Lipinski definition) is 6. The molecule has 1 aromatic carbocycles. The number of ether oxygens (including phenoxy) is 1. The summed E-state index contributed by atoms with van der Waals surface area (Å²) in [6.45, 7) is 2.00. The summed E-state index contributed by atoms with van der Waals surface area (Å²) in [7, 11) is -3.54. The van der Waals surface area contributed by atoms with Gasteiger partial charge < -0.3 is 10.1 Å². The normalized spacial score (nSPS) is 14.0. The molecule has 1 heterocycles. The minimum atomic E-state index is -3.54. The third-order valence-corrected chi connectivity index (χ3v) is 7.79. The van der Waals surface area contributed by atoms with E-state index in [4.69, 9.17) is 4.74 Å². The number of benzene rings is 1. The summed E-state index contributed by atoms with van der Waals surface area (Å²) in [5.74, 6) is -1.14. The summed E-state index contributed by atoms with van der Waals surface area (Å²) in [4.78, 5) is 26.3. The van der Waals surface area contributed by atoms with Crippen LogP contribution in [0.2, 0.25) is 0 Å². The highest BCUT2D eigenvalue weighted by molar-refractivity contribution is 7.91. The molecule has 2 aromatic rings. The van der Waals surface area contributed by atoms with E-state index in [9.17, 15) is 18.0 Å². The van der Waals surface area contributed by atoms with E-state index >= 15 is 0 Å². The maximum Gasteiger partial charge on any atom is 0.341 e. The number of hydrogen-bond donors (Lipinski definition) is 1. The molecule has 0 saturated heterocycles. The van der Waals surface area contributed by atoms with Crippen LogP contribution in [-0.2, 0) is 32.2 Å². The maximum atomic E-state index is 12.5. The molecule has 6 nitrogen and oxygen atoms in total. The minimum Gasteiger partial charge on any atom is -0.462 e. The van der Waals surface area contributed by atoms with Gasteiger partial charge in [-0.25, -0.2) is 13.2 Å². The fraction of sp³-hybridized carbons (Fsp3) is 0.429. The summed E-state index contributed by atoms with van der Waals surface area (Å²) in [5, 5.41) is 3.24. The van der Waals surface area contributed by atoms with Crippen molar-refractivity contribution in [1.82, 2.24) is 0 Å². The fourth-order valence-corrected chi connectivity index (χ4v) is 5.97. The average molecular weight is 436 g/mol. The molecule has 156 valence electrons. The van der Waals surface area contributed by atoms with Crippen LogP contribution in [0.3, 0.4) is 0 Å².